The Labute approximate surface area is 139 Å². The van der Waals surface area contributed by atoms with Gasteiger partial charge in [-0.15, -0.1) is 11.3 Å². The van der Waals surface area contributed by atoms with E-state index in [-0.39, 0.29) is 17.9 Å². The lowest BCUT2D eigenvalue weighted by molar-refractivity contribution is -0.134. The van der Waals surface area contributed by atoms with Crippen LogP contribution in [0.3, 0.4) is 0 Å². The highest BCUT2D eigenvalue weighted by atomic mass is 32.1. The molecule has 0 unspecified atom stereocenters. The Morgan fingerprint density at radius 2 is 1.91 bits per heavy atom. The monoisotopic (exact) mass is 339 g/mol. The largest absolute Gasteiger partial charge is 0.450 e. The Morgan fingerprint density at radius 3 is 2.48 bits per heavy atom. The third-order valence-electron chi connectivity index (χ3n) is 3.58. The van der Waals surface area contributed by atoms with Crippen LogP contribution < -0.4 is 5.32 Å². The highest BCUT2D eigenvalue weighted by molar-refractivity contribution is 7.12. The smallest absolute Gasteiger partial charge is 0.409 e. The molecule has 2 rings (SSSR count). The molecule has 1 saturated heterocycles. The van der Waals surface area contributed by atoms with Crippen LogP contribution in [-0.4, -0.2) is 66.5 Å². The van der Waals surface area contributed by atoms with Crippen LogP contribution in [-0.2, 0) is 9.53 Å². The summed E-state index contributed by atoms with van der Waals surface area (Å²) in [4.78, 5) is 39.8. The molecule has 8 heteroatoms. The van der Waals surface area contributed by atoms with Crippen LogP contribution in [0, 0.1) is 0 Å². The molecule has 0 aliphatic carbocycles. The lowest BCUT2D eigenvalue weighted by Crippen LogP contribution is -2.55. The molecule has 0 saturated carbocycles. The summed E-state index contributed by atoms with van der Waals surface area (Å²) in [5, 5.41) is 4.52. The SMILES string of the molecule is CCOC(=O)N1CCN(C(=O)[C@@H](C)NC(=O)c2cccs2)CC1. The van der Waals surface area contributed by atoms with Crippen molar-refractivity contribution in [3.05, 3.63) is 22.4 Å². The molecule has 1 fully saturated rings. The van der Waals surface area contributed by atoms with E-state index >= 15 is 0 Å². The van der Waals surface area contributed by atoms with Crippen molar-refractivity contribution in [3.8, 4) is 0 Å². The summed E-state index contributed by atoms with van der Waals surface area (Å²) in [6.45, 7) is 5.53. The summed E-state index contributed by atoms with van der Waals surface area (Å²) in [5.41, 5.74) is 0. The average Bonchev–Trinajstić information content (AvgIpc) is 3.09. The van der Waals surface area contributed by atoms with Gasteiger partial charge in [0.1, 0.15) is 6.04 Å². The molecule has 0 bridgehead atoms. The standard InChI is InChI=1S/C15H21N3O4S/c1-3-22-15(21)18-8-6-17(7-9-18)14(20)11(2)16-13(19)12-5-4-10-23-12/h4-5,10-11H,3,6-9H2,1-2H3,(H,16,19)/t11-/m1/s1. The second-order valence-corrected chi connectivity index (χ2v) is 6.13. The maximum atomic E-state index is 12.4. The molecule has 1 aliphatic rings. The number of nitrogens with one attached hydrogen (secondary N) is 1. The Morgan fingerprint density at radius 1 is 1.26 bits per heavy atom. The number of amides is 3. The Hall–Kier alpha value is -2.09. The zero-order chi connectivity index (χ0) is 16.8. The van der Waals surface area contributed by atoms with E-state index in [0.29, 0.717) is 37.7 Å². The molecule has 1 aromatic rings. The molecule has 7 nitrogen and oxygen atoms in total. The van der Waals surface area contributed by atoms with Crippen molar-refractivity contribution < 1.29 is 19.1 Å². The van der Waals surface area contributed by atoms with Gasteiger partial charge < -0.3 is 19.9 Å². The second kappa shape index (κ2) is 7.96. The number of carbonyl (C=O) groups excluding carboxylic acids is 3. The first-order valence-electron chi connectivity index (χ1n) is 7.57. The van der Waals surface area contributed by atoms with Gasteiger partial charge in [-0.1, -0.05) is 6.07 Å². The van der Waals surface area contributed by atoms with E-state index in [1.807, 2.05) is 5.38 Å². The second-order valence-electron chi connectivity index (χ2n) is 5.18. The van der Waals surface area contributed by atoms with Crippen molar-refractivity contribution in [2.24, 2.45) is 0 Å². The third kappa shape index (κ3) is 4.44. The van der Waals surface area contributed by atoms with Crippen LogP contribution in [0.1, 0.15) is 23.5 Å². The average molecular weight is 339 g/mol. The molecule has 1 atom stereocenters. The third-order valence-corrected chi connectivity index (χ3v) is 4.45. The van der Waals surface area contributed by atoms with Gasteiger partial charge in [-0.25, -0.2) is 4.79 Å². The number of carbonyl (C=O) groups is 3. The van der Waals surface area contributed by atoms with E-state index in [9.17, 15) is 14.4 Å². The lowest BCUT2D eigenvalue weighted by atomic mass is 10.2. The van der Waals surface area contributed by atoms with E-state index in [4.69, 9.17) is 4.74 Å². The fourth-order valence-electron chi connectivity index (χ4n) is 2.34. The Kier molecular flexibility index (Phi) is 5.97. The Balaban J connectivity index is 1.82. The van der Waals surface area contributed by atoms with Gasteiger partial charge in [0.25, 0.3) is 5.91 Å². The molecule has 1 aliphatic heterocycles. The molecule has 0 aromatic carbocycles. The van der Waals surface area contributed by atoms with Gasteiger partial charge in [-0.2, -0.15) is 0 Å². The summed E-state index contributed by atoms with van der Waals surface area (Å²) in [7, 11) is 0. The fraction of sp³-hybridized carbons (Fsp3) is 0.533. The van der Waals surface area contributed by atoms with Crippen LogP contribution in [0.25, 0.3) is 0 Å². The number of ether oxygens (including phenoxy) is 1. The molecule has 0 spiro atoms. The highest BCUT2D eigenvalue weighted by Gasteiger charge is 2.28. The number of nitrogens with zero attached hydrogens (tertiary/aromatic N) is 2. The fourth-order valence-corrected chi connectivity index (χ4v) is 2.96. The molecule has 126 valence electrons. The lowest BCUT2D eigenvalue weighted by Gasteiger charge is -2.35. The number of hydrogen-bond acceptors (Lipinski definition) is 5. The van der Waals surface area contributed by atoms with Crippen molar-refractivity contribution >= 4 is 29.2 Å². The van der Waals surface area contributed by atoms with Gasteiger partial charge in [-0.3, -0.25) is 9.59 Å². The van der Waals surface area contributed by atoms with Crippen molar-refractivity contribution in [1.82, 2.24) is 15.1 Å². The minimum Gasteiger partial charge on any atom is -0.450 e. The minimum absolute atomic E-state index is 0.140. The van der Waals surface area contributed by atoms with Gasteiger partial charge in [0.2, 0.25) is 5.91 Å². The summed E-state index contributed by atoms with van der Waals surface area (Å²) in [5.74, 6) is -0.385. The molecule has 3 amide bonds. The van der Waals surface area contributed by atoms with E-state index in [0.717, 1.165) is 0 Å². The predicted molar refractivity (Wildman–Crippen MR) is 86.4 cm³/mol. The molecule has 23 heavy (non-hydrogen) atoms. The van der Waals surface area contributed by atoms with Crippen molar-refractivity contribution in [2.45, 2.75) is 19.9 Å². The van der Waals surface area contributed by atoms with Gasteiger partial charge in [0.15, 0.2) is 0 Å². The highest BCUT2D eigenvalue weighted by Crippen LogP contribution is 2.10. The molecule has 1 aromatic heterocycles. The number of rotatable bonds is 4. The van der Waals surface area contributed by atoms with E-state index in [2.05, 4.69) is 5.32 Å². The van der Waals surface area contributed by atoms with Crippen molar-refractivity contribution in [3.63, 3.8) is 0 Å². The van der Waals surface area contributed by atoms with E-state index in [1.54, 1.807) is 35.8 Å². The van der Waals surface area contributed by atoms with Crippen LogP contribution in [0.4, 0.5) is 4.79 Å². The zero-order valence-electron chi connectivity index (χ0n) is 13.3. The Bertz CT molecular complexity index is 553. The van der Waals surface area contributed by atoms with E-state index in [1.165, 1.54) is 11.3 Å². The number of piperazine rings is 1. The summed E-state index contributed by atoms with van der Waals surface area (Å²) >= 11 is 1.33. The van der Waals surface area contributed by atoms with Crippen LogP contribution >= 0.6 is 11.3 Å². The molecular weight excluding hydrogens is 318 g/mol. The first-order valence-corrected chi connectivity index (χ1v) is 8.45. The van der Waals surface area contributed by atoms with Crippen LogP contribution in [0.15, 0.2) is 17.5 Å². The number of hydrogen-bond donors (Lipinski definition) is 1. The minimum atomic E-state index is -0.598. The van der Waals surface area contributed by atoms with Crippen molar-refractivity contribution in [1.29, 1.82) is 0 Å². The normalized spacial score (nSPS) is 15.9. The zero-order valence-corrected chi connectivity index (χ0v) is 14.1. The van der Waals surface area contributed by atoms with Gasteiger partial charge >= 0.3 is 6.09 Å². The maximum absolute atomic E-state index is 12.4. The maximum Gasteiger partial charge on any atom is 0.409 e. The first kappa shape index (κ1) is 17.3. The van der Waals surface area contributed by atoms with Gasteiger partial charge in [-0.05, 0) is 25.3 Å². The molecular formula is C15H21N3O4S. The van der Waals surface area contributed by atoms with Crippen LogP contribution in [0.5, 0.6) is 0 Å². The molecule has 2 heterocycles. The topological polar surface area (TPSA) is 79.0 Å². The predicted octanol–water partition coefficient (Wildman–Crippen LogP) is 1.17. The first-order chi connectivity index (χ1) is 11.0. The quantitative estimate of drug-likeness (QED) is 0.893. The summed E-state index contributed by atoms with van der Waals surface area (Å²) in [6.07, 6.45) is -0.348. The van der Waals surface area contributed by atoms with Crippen molar-refractivity contribution in [2.75, 3.05) is 32.8 Å². The number of thiophene rings is 1. The summed E-state index contributed by atoms with van der Waals surface area (Å²) in [6, 6.07) is 2.91. The van der Waals surface area contributed by atoms with Gasteiger partial charge in [0.05, 0.1) is 11.5 Å². The van der Waals surface area contributed by atoms with Crippen LogP contribution in [0.2, 0.25) is 0 Å². The van der Waals surface area contributed by atoms with Gasteiger partial charge in [0, 0.05) is 26.2 Å². The molecule has 0 radical (unpaired) electrons. The molecule has 1 N–H and O–H groups in total. The summed E-state index contributed by atoms with van der Waals surface area (Å²) < 4.78 is 4.95. The van der Waals surface area contributed by atoms with E-state index < -0.39 is 6.04 Å².